The van der Waals surface area contributed by atoms with Gasteiger partial charge in [-0.1, -0.05) is 19.8 Å². The summed E-state index contributed by atoms with van der Waals surface area (Å²) in [5, 5.41) is 11.2. The molecule has 1 rings (SSSR count). The molecule has 1 N–H and O–H groups in total. The quantitative estimate of drug-likeness (QED) is 0.796. The molecular weight excluding hydrogens is 216 g/mol. The minimum atomic E-state index is -0.119. The van der Waals surface area contributed by atoms with Gasteiger partial charge in [0.15, 0.2) is 0 Å². The third kappa shape index (κ3) is 5.69. The van der Waals surface area contributed by atoms with Gasteiger partial charge in [0, 0.05) is 6.04 Å². The maximum absolute atomic E-state index is 11.5. The van der Waals surface area contributed by atoms with E-state index in [0.29, 0.717) is 12.3 Å². The molecule has 1 saturated carbocycles. The summed E-state index contributed by atoms with van der Waals surface area (Å²) in [4.78, 5) is 11.5. The average molecular weight is 238 g/mol. The van der Waals surface area contributed by atoms with Crippen LogP contribution in [0.1, 0.15) is 46.0 Å². The van der Waals surface area contributed by atoms with E-state index in [-0.39, 0.29) is 24.7 Å². The van der Waals surface area contributed by atoms with Gasteiger partial charge in [0.25, 0.3) is 0 Å². The first-order valence-electron chi connectivity index (χ1n) is 6.39. The van der Waals surface area contributed by atoms with Crippen molar-refractivity contribution in [2.75, 3.05) is 6.61 Å². The van der Waals surface area contributed by atoms with Crippen LogP contribution in [-0.2, 0) is 9.53 Å². The fourth-order valence-electron chi connectivity index (χ4n) is 2.23. The fraction of sp³-hybridized carbons (Fsp3) is 0.846. The van der Waals surface area contributed by atoms with Crippen molar-refractivity contribution in [1.29, 1.82) is 5.26 Å². The summed E-state index contributed by atoms with van der Waals surface area (Å²) in [6.07, 6.45) is 5.15. The average Bonchev–Trinajstić information content (AvgIpc) is 2.27. The van der Waals surface area contributed by atoms with E-state index in [1.165, 1.54) is 12.8 Å². The SMILES string of the molecule is C[C@@H]1CCC[C@@H](OCC(=O)N[C@@H](C)CC#N)C1. The van der Waals surface area contributed by atoms with E-state index in [2.05, 4.69) is 12.2 Å². The predicted octanol–water partition coefficient (Wildman–Crippen LogP) is 2.00. The van der Waals surface area contributed by atoms with Crippen LogP contribution in [0.3, 0.4) is 0 Å². The molecular formula is C13H22N2O2. The van der Waals surface area contributed by atoms with Crippen LogP contribution in [0.25, 0.3) is 0 Å². The maximum atomic E-state index is 11.5. The molecule has 0 saturated heterocycles. The number of hydrogen-bond donors (Lipinski definition) is 1. The van der Waals surface area contributed by atoms with Gasteiger partial charge in [-0.15, -0.1) is 0 Å². The maximum Gasteiger partial charge on any atom is 0.246 e. The molecule has 0 unspecified atom stereocenters. The summed E-state index contributed by atoms with van der Waals surface area (Å²) in [6.45, 7) is 4.17. The van der Waals surface area contributed by atoms with Crippen LogP contribution in [0.4, 0.5) is 0 Å². The van der Waals surface area contributed by atoms with Crippen LogP contribution in [0.5, 0.6) is 0 Å². The number of amides is 1. The van der Waals surface area contributed by atoms with Gasteiger partial charge >= 0.3 is 0 Å². The second-order valence-corrected chi connectivity index (χ2v) is 5.04. The summed E-state index contributed by atoms with van der Waals surface area (Å²) in [5.41, 5.74) is 0. The van der Waals surface area contributed by atoms with E-state index < -0.39 is 0 Å². The lowest BCUT2D eigenvalue weighted by molar-refractivity contribution is -0.129. The van der Waals surface area contributed by atoms with Crippen LogP contribution >= 0.6 is 0 Å². The number of ether oxygens (including phenoxy) is 1. The van der Waals surface area contributed by atoms with Crippen LogP contribution in [-0.4, -0.2) is 24.7 Å². The molecule has 0 bridgehead atoms. The summed E-state index contributed by atoms with van der Waals surface area (Å²) in [7, 11) is 0. The third-order valence-corrected chi connectivity index (χ3v) is 3.14. The van der Waals surface area contributed by atoms with Gasteiger partial charge < -0.3 is 10.1 Å². The molecule has 3 atom stereocenters. The molecule has 0 spiro atoms. The number of carbonyl (C=O) groups is 1. The van der Waals surface area contributed by atoms with E-state index in [1.807, 2.05) is 13.0 Å². The predicted molar refractivity (Wildman–Crippen MR) is 65.2 cm³/mol. The van der Waals surface area contributed by atoms with Gasteiger partial charge in [-0.3, -0.25) is 4.79 Å². The van der Waals surface area contributed by atoms with Gasteiger partial charge in [-0.2, -0.15) is 5.26 Å². The van der Waals surface area contributed by atoms with Gasteiger partial charge in [-0.25, -0.2) is 0 Å². The summed E-state index contributed by atoms with van der Waals surface area (Å²) in [5.74, 6) is 0.584. The molecule has 0 radical (unpaired) electrons. The largest absolute Gasteiger partial charge is 0.368 e. The van der Waals surface area contributed by atoms with Crippen LogP contribution in [0.2, 0.25) is 0 Å². The molecule has 1 amide bonds. The van der Waals surface area contributed by atoms with Crippen LogP contribution in [0.15, 0.2) is 0 Å². The minimum Gasteiger partial charge on any atom is -0.368 e. The molecule has 0 aromatic heterocycles. The monoisotopic (exact) mass is 238 g/mol. The Bertz CT molecular complexity index is 286. The second-order valence-electron chi connectivity index (χ2n) is 5.04. The zero-order valence-electron chi connectivity index (χ0n) is 10.7. The lowest BCUT2D eigenvalue weighted by Gasteiger charge is -2.26. The van der Waals surface area contributed by atoms with Crippen molar-refractivity contribution in [3.8, 4) is 6.07 Å². The Kier molecular flexibility index (Phi) is 5.99. The summed E-state index contributed by atoms with van der Waals surface area (Å²) in [6, 6.07) is 1.93. The normalized spacial score (nSPS) is 25.9. The highest BCUT2D eigenvalue weighted by Crippen LogP contribution is 2.25. The molecule has 17 heavy (non-hydrogen) atoms. The molecule has 0 aliphatic heterocycles. The number of nitrogens with zero attached hydrogens (tertiary/aromatic N) is 1. The fourth-order valence-corrected chi connectivity index (χ4v) is 2.23. The Morgan fingerprint density at radius 1 is 1.59 bits per heavy atom. The molecule has 4 heteroatoms. The topological polar surface area (TPSA) is 62.1 Å². The number of rotatable bonds is 5. The van der Waals surface area contributed by atoms with E-state index >= 15 is 0 Å². The zero-order valence-corrected chi connectivity index (χ0v) is 10.7. The smallest absolute Gasteiger partial charge is 0.246 e. The molecule has 1 aliphatic rings. The van der Waals surface area contributed by atoms with E-state index in [1.54, 1.807) is 0 Å². The van der Waals surface area contributed by atoms with Gasteiger partial charge in [0.05, 0.1) is 18.6 Å². The van der Waals surface area contributed by atoms with E-state index in [9.17, 15) is 4.79 Å². The molecule has 0 aromatic rings. The Balaban J connectivity index is 2.17. The van der Waals surface area contributed by atoms with Crippen molar-refractivity contribution in [2.45, 2.75) is 58.1 Å². The first-order chi connectivity index (χ1) is 8.11. The van der Waals surface area contributed by atoms with E-state index in [4.69, 9.17) is 10.00 Å². The number of nitriles is 1. The Morgan fingerprint density at radius 3 is 3.00 bits per heavy atom. The van der Waals surface area contributed by atoms with Crippen molar-refractivity contribution in [3.05, 3.63) is 0 Å². The molecule has 0 aromatic carbocycles. The standard InChI is InChI=1S/C13H22N2O2/c1-10-4-3-5-12(8-10)17-9-13(16)15-11(2)6-7-14/h10-12H,3-6,8-9H2,1-2H3,(H,15,16)/t10-,11+,12-/m1/s1. The Hall–Kier alpha value is -1.08. The minimum absolute atomic E-state index is 0.0959. The lowest BCUT2D eigenvalue weighted by atomic mass is 9.89. The lowest BCUT2D eigenvalue weighted by Crippen LogP contribution is -2.36. The summed E-state index contributed by atoms with van der Waals surface area (Å²) >= 11 is 0. The van der Waals surface area contributed by atoms with Crippen molar-refractivity contribution in [1.82, 2.24) is 5.32 Å². The first kappa shape index (κ1) is 14.0. The Labute approximate surface area is 103 Å². The van der Waals surface area contributed by atoms with Gasteiger partial charge in [-0.05, 0) is 25.7 Å². The zero-order chi connectivity index (χ0) is 12.7. The summed E-state index contributed by atoms with van der Waals surface area (Å²) < 4.78 is 5.60. The van der Waals surface area contributed by atoms with Gasteiger partial charge in [0.1, 0.15) is 6.61 Å². The molecule has 1 aliphatic carbocycles. The molecule has 1 fully saturated rings. The highest BCUT2D eigenvalue weighted by molar-refractivity contribution is 5.77. The Morgan fingerprint density at radius 2 is 2.35 bits per heavy atom. The first-order valence-corrected chi connectivity index (χ1v) is 6.39. The van der Waals surface area contributed by atoms with Crippen molar-refractivity contribution >= 4 is 5.91 Å². The highest BCUT2D eigenvalue weighted by Gasteiger charge is 2.20. The van der Waals surface area contributed by atoms with Crippen LogP contribution in [0, 0.1) is 17.2 Å². The number of carbonyl (C=O) groups excluding carboxylic acids is 1. The van der Waals surface area contributed by atoms with Crippen molar-refractivity contribution < 1.29 is 9.53 Å². The molecule has 0 heterocycles. The third-order valence-electron chi connectivity index (χ3n) is 3.14. The van der Waals surface area contributed by atoms with Crippen molar-refractivity contribution in [3.63, 3.8) is 0 Å². The molecule has 4 nitrogen and oxygen atoms in total. The van der Waals surface area contributed by atoms with E-state index in [0.717, 1.165) is 12.8 Å². The van der Waals surface area contributed by atoms with Gasteiger partial charge in [0.2, 0.25) is 5.91 Å². The highest BCUT2D eigenvalue weighted by atomic mass is 16.5. The number of hydrogen-bond acceptors (Lipinski definition) is 3. The van der Waals surface area contributed by atoms with Crippen LogP contribution < -0.4 is 5.32 Å². The second kappa shape index (κ2) is 7.29. The number of nitrogens with one attached hydrogen (secondary N) is 1. The van der Waals surface area contributed by atoms with Crippen molar-refractivity contribution in [2.24, 2.45) is 5.92 Å². The molecule has 96 valence electrons.